The molecule has 8 heteroatoms. The molecule has 0 bridgehead atoms. The molecule has 0 heterocycles. The topological polar surface area (TPSA) is 119 Å². The molecule has 0 amide bonds. The number of nitro benzene ring substituents is 2. The Labute approximate surface area is 95.5 Å². The summed E-state index contributed by atoms with van der Waals surface area (Å²) < 4.78 is 0. The first-order valence-corrected chi connectivity index (χ1v) is 4.65. The van der Waals surface area contributed by atoms with Crippen LogP contribution in [0.15, 0.2) is 23.4 Å². The van der Waals surface area contributed by atoms with Crippen molar-refractivity contribution in [2.24, 2.45) is 5.16 Å². The van der Waals surface area contributed by atoms with Crippen molar-refractivity contribution in [1.82, 2.24) is 0 Å². The summed E-state index contributed by atoms with van der Waals surface area (Å²) in [6.07, 6.45) is 0.273. The van der Waals surface area contributed by atoms with E-state index in [1.807, 2.05) is 0 Å². The molecule has 0 aromatic heterocycles. The molecule has 0 saturated heterocycles. The Morgan fingerprint density at radius 2 is 2.00 bits per heavy atom. The zero-order chi connectivity index (χ0) is 13.0. The van der Waals surface area contributed by atoms with Crippen molar-refractivity contribution < 1.29 is 15.1 Å². The Morgan fingerprint density at radius 3 is 2.41 bits per heavy atom. The molecular weight excluding hydrogens is 230 g/mol. The molecule has 1 N–H and O–H groups in total. The average Bonchev–Trinajstić information content (AvgIpc) is 2.30. The molecular formula is C9H9N3O5. The number of hydrogen-bond acceptors (Lipinski definition) is 6. The minimum Gasteiger partial charge on any atom is -0.411 e. The number of oxime groups is 1. The molecule has 90 valence electrons. The van der Waals surface area contributed by atoms with Crippen molar-refractivity contribution in [2.75, 3.05) is 0 Å². The molecule has 0 aliphatic rings. The third-order valence-electron chi connectivity index (χ3n) is 2.16. The molecule has 0 spiro atoms. The largest absolute Gasteiger partial charge is 0.411 e. The van der Waals surface area contributed by atoms with Gasteiger partial charge in [0.1, 0.15) is 0 Å². The number of hydrogen-bond donors (Lipinski definition) is 1. The summed E-state index contributed by atoms with van der Waals surface area (Å²) in [5, 5.41) is 32.9. The molecule has 0 saturated carbocycles. The van der Waals surface area contributed by atoms with Crippen molar-refractivity contribution in [1.29, 1.82) is 0 Å². The Hall–Kier alpha value is -2.51. The van der Waals surface area contributed by atoms with E-state index in [9.17, 15) is 20.2 Å². The van der Waals surface area contributed by atoms with Gasteiger partial charge in [0.2, 0.25) is 0 Å². The van der Waals surface area contributed by atoms with Gasteiger partial charge in [-0.2, -0.15) is 0 Å². The summed E-state index contributed by atoms with van der Waals surface area (Å²) in [6.45, 7) is 1.65. The van der Waals surface area contributed by atoms with Crippen LogP contribution in [0.1, 0.15) is 18.9 Å². The highest BCUT2D eigenvalue weighted by atomic mass is 16.6. The van der Waals surface area contributed by atoms with Gasteiger partial charge in [-0.15, -0.1) is 0 Å². The van der Waals surface area contributed by atoms with Crippen LogP contribution in [-0.2, 0) is 0 Å². The fourth-order valence-electron chi connectivity index (χ4n) is 1.34. The Bertz CT molecular complexity index is 497. The highest BCUT2D eigenvalue weighted by Gasteiger charge is 2.22. The summed E-state index contributed by atoms with van der Waals surface area (Å²) >= 11 is 0. The van der Waals surface area contributed by atoms with Crippen LogP contribution in [0, 0.1) is 20.2 Å². The van der Waals surface area contributed by atoms with Gasteiger partial charge in [0.15, 0.2) is 0 Å². The normalized spacial score (nSPS) is 11.2. The molecule has 1 aromatic rings. The average molecular weight is 239 g/mol. The number of benzene rings is 1. The SMILES string of the molecule is CC/C(=N/O)c1ccc([N+](=O)[O-])cc1[N+](=O)[O-]. The van der Waals surface area contributed by atoms with Crippen LogP contribution in [0.2, 0.25) is 0 Å². The van der Waals surface area contributed by atoms with E-state index >= 15 is 0 Å². The lowest BCUT2D eigenvalue weighted by Gasteiger charge is -2.02. The summed E-state index contributed by atoms with van der Waals surface area (Å²) in [5.41, 5.74) is -0.653. The second-order valence-corrected chi connectivity index (χ2v) is 3.12. The van der Waals surface area contributed by atoms with E-state index in [4.69, 9.17) is 5.21 Å². The molecule has 0 atom stereocenters. The van der Waals surface area contributed by atoms with Gasteiger partial charge < -0.3 is 5.21 Å². The van der Waals surface area contributed by atoms with E-state index in [1.165, 1.54) is 6.07 Å². The highest BCUT2D eigenvalue weighted by molar-refractivity contribution is 6.03. The van der Waals surface area contributed by atoms with Gasteiger partial charge in [-0.1, -0.05) is 12.1 Å². The number of nitrogens with zero attached hydrogens (tertiary/aromatic N) is 3. The maximum Gasteiger partial charge on any atom is 0.285 e. The van der Waals surface area contributed by atoms with Gasteiger partial charge >= 0.3 is 0 Å². The fraction of sp³-hybridized carbons (Fsp3) is 0.222. The predicted octanol–water partition coefficient (Wildman–Crippen LogP) is 2.09. The molecule has 17 heavy (non-hydrogen) atoms. The molecule has 0 radical (unpaired) electrons. The summed E-state index contributed by atoms with van der Waals surface area (Å²) in [4.78, 5) is 19.8. The monoisotopic (exact) mass is 239 g/mol. The van der Waals surface area contributed by atoms with Gasteiger partial charge in [0.05, 0.1) is 27.2 Å². The zero-order valence-corrected chi connectivity index (χ0v) is 8.86. The van der Waals surface area contributed by atoms with E-state index < -0.39 is 15.5 Å². The molecule has 0 aliphatic heterocycles. The van der Waals surface area contributed by atoms with Gasteiger partial charge in [-0.25, -0.2) is 0 Å². The minimum absolute atomic E-state index is 0.0746. The van der Waals surface area contributed by atoms with Gasteiger partial charge in [-0.05, 0) is 12.5 Å². The van der Waals surface area contributed by atoms with E-state index in [0.29, 0.717) is 0 Å². The van der Waals surface area contributed by atoms with Crippen LogP contribution >= 0.6 is 0 Å². The molecule has 1 aromatic carbocycles. The van der Waals surface area contributed by atoms with Crippen LogP contribution in [0.25, 0.3) is 0 Å². The first kappa shape index (κ1) is 12.6. The third kappa shape index (κ3) is 2.54. The maximum atomic E-state index is 10.8. The lowest BCUT2D eigenvalue weighted by molar-refractivity contribution is -0.394. The minimum atomic E-state index is -0.747. The van der Waals surface area contributed by atoms with Crippen LogP contribution in [0.4, 0.5) is 11.4 Å². The van der Waals surface area contributed by atoms with Crippen molar-refractivity contribution >= 4 is 17.1 Å². The van der Waals surface area contributed by atoms with Crippen molar-refractivity contribution in [3.63, 3.8) is 0 Å². The molecule has 0 fully saturated rings. The van der Waals surface area contributed by atoms with Crippen LogP contribution in [0.5, 0.6) is 0 Å². The molecule has 0 aliphatic carbocycles. The maximum absolute atomic E-state index is 10.8. The quantitative estimate of drug-likeness (QED) is 0.373. The Balaban J connectivity index is 3.42. The van der Waals surface area contributed by atoms with Crippen molar-refractivity contribution in [2.45, 2.75) is 13.3 Å². The summed E-state index contributed by atoms with van der Waals surface area (Å²) in [7, 11) is 0. The highest BCUT2D eigenvalue weighted by Crippen LogP contribution is 2.25. The predicted molar refractivity (Wildman–Crippen MR) is 58.4 cm³/mol. The second kappa shape index (κ2) is 5.01. The first-order valence-electron chi connectivity index (χ1n) is 4.65. The van der Waals surface area contributed by atoms with Crippen molar-refractivity contribution in [3.05, 3.63) is 44.0 Å². The molecule has 1 rings (SSSR count). The van der Waals surface area contributed by atoms with E-state index in [-0.39, 0.29) is 23.4 Å². The number of nitro groups is 2. The van der Waals surface area contributed by atoms with E-state index in [1.54, 1.807) is 6.92 Å². The first-order chi connectivity index (χ1) is 8.01. The Morgan fingerprint density at radius 1 is 1.35 bits per heavy atom. The molecule has 8 nitrogen and oxygen atoms in total. The lowest BCUT2D eigenvalue weighted by Crippen LogP contribution is -2.05. The van der Waals surface area contributed by atoms with Gasteiger partial charge in [0.25, 0.3) is 11.4 Å². The zero-order valence-electron chi connectivity index (χ0n) is 8.86. The van der Waals surface area contributed by atoms with Crippen LogP contribution < -0.4 is 0 Å². The van der Waals surface area contributed by atoms with Crippen LogP contribution in [-0.4, -0.2) is 20.8 Å². The number of rotatable bonds is 4. The lowest BCUT2D eigenvalue weighted by atomic mass is 10.1. The summed E-state index contributed by atoms with van der Waals surface area (Å²) in [5.74, 6) is 0. The smallest absolute Gasteiger partial charge is 0.285 e. The van der Waals surface area contributed by atoms with Crippen LogP contribution in [0.3, 0.4) is 0 Å². The third-order valence-corrected chi connectivity index (χ3v) is 2.16. The van der Waals surface area contributed by atoms with Gasteiger partial charge in [0, 0.05) is 6.07 Å². The summed E-state index contributed by atoms with van der Waals surface area (Å²) in [6, 6.07) is 3.17. The second-order valence-electron chi connectivity index (χ2n) is 3.12. The number of non-ortho nitro benzene ring substituents is 1. The van der Waals surface area contributed by atoms with E-state index in [2.05, 4.69) is 5.16 Å². The van der Waals surface area contributed by atoms with Crippen molar-refractivity contribution in [3.8, 4) is 0 Å². The fourth-order valence-corrected chi connectivity index (χ4v) is 1.34. The standard InChI is InChI=1S/C9H9N3O5/c1-2-8(10-13)7-4-3-6(11(14)15)5-9(7)12(16)17/h3-5,13H,2H2,1H3/b10-8-. The van der Waals surface area contributed by atoms with Gasteiger partial charge in [-0.3, -0.25) is 20.2 Å². The molecule has 0 unspecified atom stereocenters. The Kier molecular flexibility index (Phi) is 3.70. The van der Waals surface area contributed by atoms with E-state index in [0.717, 1.165) is 12.1 Å².